The smallest absolute Gasteiger partial charge is 0.171 e. The lowest BCUT2D eigenvalue weighted by Crippen LogP contribution is -2.26. The Labute approximate surface area is 290 Å². The van der Waals surface area contributed by atoms with E-state index < -0.39 is 7.14 Å². The Morgan fingerprint density at radius 2 is 1.08 bits per heavy atom. The van der Waals surface area contributed by atoms with E-state index in [0.29, 0.717) is 0 Å². The maximum atomic E-state index is 15.3. The molecule has 0 fully saturated rings. The molecule has 3 nitrogen and oxygen atoms in total. The number of imidazole rings is 1. The van der Waals surface area contributed by atoms with Crippen LogP contribution in [0.1, 0.15) is 25.0 Å². The van der Waals surface area contributed by atoms with Crippen LogP contribution in [-0.2, 0) is 9.98 Å². The van der Waals surface area contributed by atoms with Crippen molar-refractivity contribution >= 4 is 61.4 Å². The molecular formula is C46H33N2OP. The van der Waals surface area contributed by atoms with Crippen molar-refractivity contribution in [1.29, 1.82) is 0 Å². The van der Waals surface area contributed by atoms with E-state index in [1.54, 1.807) is 0 Å². The average molecular weight is 661 g/mol. The van der Waals surface area contributed by atoms with Crippen molar-refractivity contribution < 1.29 is 4.57 Å². The Morgan fingerprint density at radius 1 is 0.500 bits per heavy atom. The monoisotopic (exact) mass is 660 g/mol. The molecule has 2 heterocycles. The Hall–Kier alpha value is -5.76. The summed E-state index contributed by atoms with van der Waals surface area (Å²) >= 11 is 0. The molecule has 0 aliphatic heterocycles. The summed E-state index contributed by atoms with van der Waals surface area (Å²) in [5, 5.41) is 6.13. The molecule has 10 rings (SSSR count). The van der Waals surface area contributed by atoms with E-state index in [9.17, 15) is 0 Å². The van der Waals surface area contributed by atoms with Crippen LogP contribution in [0.15, 0.2) is 164 Å². The predicted octanol–water partition coefficient (Wildman–Crippen LogP) is 10.4. The number of aromatic nitrogens is 2. The lowest BCUT2D eigenvalue weighted by molar-refractivity contribution is 0.592. The number of para-hydroxylation sites is 3. The summed E-state index contributed by atoms with van der Waals surface area (Å²) in [4.78, 5) is 5.09. The van der Waals surface area contributed by atoms with Crippen LogP contribution in [0.25, 0.3) is 60.6 Å². The Bertz CT molecular complexity index is 2830. The van der Waals surface area contributed by atoms with Crippen LogP contribution in [0.3, 0.4) is 0 Å². The van der Waals surface area contributed by atoms with Crippen LogP contribution in [0.2, 0.25) is 0 Å². The zero-order valence-corrected chi connectivity index (χ0v) is 28.7. The summed E-state index contributed by atoms with van der Waals surface area (Å²) in [6, 6.07) is 57.1. The molecule has 0 N–H and O–H groups in total. The highest BCUT2D eigenvalue weighted by Crippen LogP contribution is 2.52. The van der Waals surface area contributed by atoms with Crippen molar-refractivity contribution in [3.63, 3.8) is 0 Å². The van der Waals surface area contributed by atoms with Gasteiger partial charge in [0.05, 0.1) is 16.6 Å². The number of nitrogens with zero attached hydrogens (tertiary/aromatic N) is 2. The summed E-state index contributed by atoms with van der Waals surface area (Å²) in [5.41, 5.74) is 11.3. The number of hydrogen-bond donors (Lipinski definition) is 0. The SMILES string of the molecule is CC1(C)c2cc(-c3ccc4c(c3)c3ccccc3n3c5ccccc5nc43)ccc2-c2ccc(P(=O)(c3ccccc3)c3ccccc3)cc21. The van der Waals surface area contributed by atoms with Gasteiger partial charge >= 0.3 is 0 Å². The molecule has 0 spiro atoms. The van der Waals surface area contributed by atoms with E-state index in [1.807, 2.05) is 60.7 Å². The molecule has 238 valence electrons. The molecule has 0 radical (unpaired) electrons. The van der Waals surface area contributed by atoms with Crippen molar-refractivity contribution in [2.45, 2.75) is 19.3 Å². The third-order valence-electron chi connectivity index (χ3n) is 10.9. The van der Waals surface area contributed by atoms with Gasteiger partial charge in [-0.15, -0.1) is 0 Å². The molecule has 9 aromatic rings. The number of benzene rings is 7. The van der Waals surface area contributed by atoms with Crippen molar-refractivity contribution in [1.82, 2.24) is 9.38 Å². The number of rotatable bonds is 4. The number of hydrogen-bond acceptors (Lipinski definition) is 2. The van der Waals surface area contributed by atoms with E-state index in [-0.39, 0.29) is 5.41 Å². The Balaban J connectivity index is 1.11. The van der Waals surface area contributed by atoms with Gasteiger partial charge in [-0.1, -0.05) is 135 Å². The van der Waals surface area contributed by atoms with Crippen LogP contribution in [0.5, 0.6) is 0 Å². The quantitative estimate of drug-likeness (QED) is 0.139. The minimum atomic E-state index is -3.10. The molecule has 0 bridgehead atoms. The van der Waals surface area contributed by atoms with Gasteiger partial charge < -0.3 is 4.57 Å². The summed E-state index contributed by atoms with van der Waals surface area (Å²) in [6.45, 7) is 4.60. The highest BCUT2D eigenvalue weighted by molar-refractivity contribution is 7.85. The lowest BCUT2D eigenvalue weighted by atomic mass is 9.81. The van der Waals surface area contributed by atoms with E-state index >= 15 is 4.57 Å². The molecule has 0 amide bonds. The summed E-state index contributed by atoms with van der Waals surface area (Å²) in [6.07, 6.45) is 0. The molecule has 0 unspecified atom stereocenters. The van der Waals surface area contributed by atoms with Gasteiger partial charge in [0.25, 0.3) is 0 Å². The molecular weight excluding hydrogens is 627 g/mol. The topological polar surface area (TPSA) is 34.4 Å². The maximum Gasteiger partial charge on any atom is 0.171 e. The second kappa shape index (κ2) is 10.6. The largest absolute Gasteiger partial charge is 0.309 e. The second-order valence-corrected chi connectivity index (χ2v) is 16.7. The molecule has 0 saturated heterocycles. The van der Waals surface area contributed by atoms with Gasteiger partial charge in [-0.2, -0.15) is 0 Å². The molecule has 1 aliphatic rings. The molecule has 0 atom stereocenters. The van der Waals surface area contributed by atoms with Gasteiger partial charge in [0, 0.05) is 32.1 Å². The first-order valence-corrected chi connectivity index (χ1v) is 18.9. The fourth-order valence-corrected chi connectivity index (χ4v) is 11.0. The summed E-state index contributed by atoms with van der Waals surface area (Å²) < 4.78 is 17.6. The molecule has 7 aromatic carbocycles. The lowest BCUT2D eigenvalue weighted by Gasteiger charge is -2.25. The van der Waals surface area contributed by atoms with Gasteiger partial charge in [-0.3, -0.25) is 4.40 Å². The van der Waals surface area contributed by atoms with Crippen LogP contribution >= 0.6 is 7.14 Å². The highest BCUT2D eigenvalue weighted by atomic mass is 31.2. The van der Waals surface area contributed by atoms with Crippen molar-refractivity contribution in [2.24, 2.45) is 0 Å². The minimum absolute atomic E-state index is 0.277. The first-order chi connectivity index (χ1) is 24.4. The summed E-state index contributed by atoms with van der Waals surface area (Å²) in [5.74, 6) is 0. The third kappa shape index (κ3) is 4.05. The zero-order valence-electron chi connectivity index (χ0n) is 27.8. The molecule has 0 saturated carbocycles. The zero-order chi connectivity index (χ0) is 33.6. The summed E-state index contributed by atoms with van der Waals surface area (Å²) in [7, 11) is -3.10. The van der Waals surface area contributed by atoms with Gasteiger partial charge in [-0.05, 0) is 81.2 Å². The standard InChI is InChI=1S/C46H33N2OP/c1-46(2)40-28-31(30-22-25-38-39(27-30)37-17-9-11-19-43(37)48-44-20-12-10-18-42(44)47-45(38)48)21-24-35(40)36-26-23-34(29-41(36)46)50(49,32-13-5-3-6-14-32)33-15-7-4-8-16-33/h3-29H,1-2H3. The van der Waals surface area contributed by atoms with Crippen molar-refractivity contribution in [3.05, 3.63) is 175 Å². The maximum absolute atomic E-state index is 15.3. The molecule has 4 heteroatoms. The van der Waals surface area contributed by atoms with Crippen molar-refractivity contribution in [2.75, 3.05) is 0 Å². The normalized spacial score (nSPS) is 13.6. The number of pyridine rings is 1. The first kappa shape index (κ1) is 29.2. The van der Waals surface area contributed by atoms with E-state index in [2.05, 4.69) is 121 Å². The molecule has 50 heavy (non-hydrogen) atoms. The molecule has 2 aromatic heterocycles. The Kier molecular flexibility index (Phi) is 6.20. The van der Waals surface area contributed by atoms with Crippen molar-refractivity contribution in [3.8, 4) is 22.3 Å². The first-order valence-electron chi connectivity index (χ1n) is 17.2. The fourth-order valence-electron chi connectivity index (χ4n) is 8.31. The number of fused-ring (bicyclic) bond motifs is 11. The van der Waals surface area contributed by atoms with Gasteiger partial charge in [0.15, 0.2) is 7.14 Å². The van der Waals surface area contributed by atoms with Crippen LogP contribution in [0.4, 0.5) is 0 Å². The second-order valence-electron chi connectivity index (χ2n) is 13.9. The van der Waals surface area contributed by atoms with Gasteiger partial charge in [0.2, 0.25) is 0 Å². The third-order valence-corrected chi connectivity index (χ3v) is 13.9. The van der Waals surface area contributed by atoms with E-state index in [0.717, 1.165) is 43.5 Å². The van der Waals surface area contributed by atoms with Crippen LogP contribution < -0.4 is 15.9 Å². The average Bonchev–Trinajstić information content (AvgIpc) is 3.67. The molecule has 1 aliphatic carbocycles. The van der Waals surface area contributed by atoms with E-state index in [1.165, 1.54) is 44.2 Å². The fraction of sp³-hybridized carbons (Fsp3) is 0.0652. The van der Waals surface area contributed by atoms with Gasteiger partial charge in [-0.25, -0.2) is 4.98 Å². The highest BCUT2D eigenvalue weighted by Gasteiger charge is 2.38. The predicted molar refractivity (Wildman–Crippen MR) is 210 cm³/mol. The minimum Gasteiger partial charge on any atom is -0.309 e. The van der Waals surface area contributed by atoms with Crippen LogP contribution in [-0.4, -0.2) is 9.38 Å². The van der Waals surface area contributed by atoms with Crippen LogP contribution in [0, 0.1) is 0 Å². The Morgan fingerprint density at radius 3 is 1.82 bits per heavy atom. The van der Waals surface area contributed by atoms with E-state index in [4.69, 9.17) is 4.98 Å². The van der Waals surface area contributed by atoms with Gasteiger partial charge in [0.1, 0.15) is 5.65 Å².